The second kappa shape index (κ2) is 8.60. The van der Waals surface area contributed by atoms with Gasteiger partial charge in [0, 0.05) is 50.6 Å². The quantitative estimate of drug-likeness (QED) is 0.774. The summed E-state index contributed by atoms with van der Waals surface area (Å²) in [4.78, 5) is 21.4. The molecule has 2 aromatic rings. The molecule has 172 valence electrons. The van der Waals surface area contributed by atoms with Crippen LogP contribution in [0.2, 0.25) is 0 Å². The SMILES string of the molecule is CC(=O)N1CCc2nc(C)n([C@H]3C[C@H]4CC[C@@H](C3)N4CC[C@H](N)c3cccc(F)c3)c2C1. The summed E-state index contributed by atoms with van der Waals surface area (Å²) in [6, 6.07) is 8.11. The average molecular weight is 440 g/mol. The van der Waals surface area contributed by atoms with Crippen LogP contribution in [-0.4, -0.2) is 50.4 Å². The van der Waals surface area contributed by atoms with Crippen LogP contribution in [0.4, 0.5) is 4.39 Å². The summed E-state index contributed by atoms with van der Waals surface area (Å²) in [7, 11) is 0. The van der Waals surface area contributed by atoms with Crippen molar-refractivity contribution in [2.24, 2.45) is 5.73 Å². The first-order valence-electron chi connectivity index (χ1n) is 12.0. The molecule has 2 N–H and O–H groups in total. The Bertz CT molecular complexity index is 990. The van der Waals surface area contributed by atoms with E-state index in [0.717, 1.165) is 50.2 Å². The zero-order valence-corrected chi connectivity index (χ0v) is 19.1. The molecule has 1 aromatic heterocycles. The Labute approximate surface area is 189 Å². The third kappa shape index (κ3) is 3.97. The molecule has 32 heavy (non-hydrogen) atoms. The Morgan fingerprint density at radius 2 is 2.00 bits per heavy atom. The molecule has 0 saturated carbocycles. The van der Waals surface area contributed by atoms with E-state index < -0.39 is 0 Å². The lowest BCUT2D eigenvalue weighted by Gasteiger charge is -2.41. The van der Waals surface area contributed by atoms with E-state index in [1.807, 2.05) is 11.0 Å². The molecule has 1 amide bonds. The van der Waals surface area contributed by atoms with Crippen molar-refractivity contribution in [3.63, 3.8) is 0 Å². The van der Waals surface area contributed by atoms with Gasteiger partial charge in [0.25, 0.3) is 0 Å². The average Bonchev–Trinajstić information content (AvgIpc) is 3.22. The van der Waals surface area contributed by atoms with Gasteiger partial charge in [-0.15, -0.1) is 0 Å². The van der Waals surface area contributed by atoms with Crippen LogP contribution in [0.15, 0.2) is 24.3 Å². The van der Waals surface area contributed by atoms with Crippen molar-refractivity contribution in [1.29, 1.82) is 0 Å². The van der Waals surface area contributed by atoms with Crippen molar-refractivity contribution in [3.05, 3.63) is 52.9 Å². The Kier molecular flexibility index (Phi) is 5.80. The van der Waals surface area contributed by atoms with Gasteiger partial charge < -0.3 is 15.2 Å². The Morgan fingerprint density at radius 1 is 1.25 bits per heavy atom. The van der Waals surface area contributed by atoms with Gasteiger partial charge in [0.05, 0.1) is 17.9 Å². The lowest BCUT2D eigenvalue weighted by molar-refractivity contribution is -0.129. The first-order chi connectivity index (χ1) is 15.4. The lowest BCUT2D eigenvalue weighted by atomic mass is 9.95. The van der Waals surface area contributed by atoms with E-state index in [-0.39, 0.29) is 17.8 Å². The molecule has 4 heterocycles. The predicted octanol–water partition coefficient (Wildman–Crippen LogP) is 3.49. The van der Waals surface area contributed by atoms with Crippen molar-refractivity contribution in [2.75, 3.05) is 13.1 Å². The second-order valence-corrected chi connectivity index (χ2v) is 9.81. The maximum atomic E-state index is 13.6. The monoisotopic (exact) mass is 439 g/mol. The van der Waals surface area contributed by atoms with Crippen LogP contribution >= 0.6 is 0 Å². The predicted molar refractivity (Wildman–Crippen MR) is 121 cm³/mol. The summed E-state index contributed by atoms with van der Waals surface area (Å²) in [6.07, 6.45) is 6.39. The number of imidazole rings is 1. The number of carbonyl (C=O) groups is 1. The van der Waals surface area contributed by atoms with Crippen molar-refractivity contribution < 1.29 is 9.18 Å². The molecule has 5 rings (SSSR count). The van der Waals surface area contributed by atoms with Crippen LogP contribution in [0.25, 0.3) is 0 Å². The number of nitrogens with zero attached hydrogens (tertiary/aromatic N) is 4. The molecule has 2 fully saturated rings. The van der Waals surface area contributed by atoms with Crippen LogP contribution in [0.1, 0.15) is 73.9 Å². The zero-order valence-electron chi connectivity index (χ0n) is 19.1. The summed E-state index contributed by atoms with van der Waals surface area (Å²) in [5.41, 5.74) is 9.69. The fourth-order valence-electron chi connectivity index (χ4n) is 6.28. The first-order valence-corrected chi connectivity index (χ1v) is 12.0. The topological polar surface area (TPSA) is 67.4 Å². The van der Waals surface area contributed by atoms with Gasteiger partial charge in [0.15, 0.2) is 0 Å². The number of aryl methyl sites for hydroxylation is 1. The molecule has 0 aliphatic carbocycles. The molecule has 4 atom stereocenters. The molecular formula is C25H34FN5O. The molecule has 2 saturated heterocycles. The van der Waals surface area contributed by atoms with Gasteiger partial charge >= 0.3 is 0 Å². The summed E-state index contributed by atoms with van der Waals surface area (Å²) in [5, 5.41) is 0. The third-order valence-corrected chi connectivity index (χ3v) is 7.87. The number of piperidine rings is 1. The van der Waals surface area contributed by atoms with Crippen molar-refractivity contribution >= 4 is 5.91 Å². The van der Waals surface area contributed by atoms with Crippen LogP contribution in [0.3, 0.4) is 0 Å². The number of halogens is 1. The highest BCUT2D eigenvalue weighted by Crippen LogP contribution is 2.42. The third-order valence-electron chi connectivity index (χ3n) is 7.87. The van der Waals surface area contributed by atoms with Gasteiger partial charge in [-0.05, 0) is 56.7 Å². The second-order valence-electron chi connectivity index (χ2n) is 9.81. The first kappa shape index (κ1) is 21.6. The van der Waals surface area contributed by atoms with E-state index in [1.165, 1.54) is 30.3 Å². The summed E-state index contributed by atoms with van der Waals surface area (Å²) < 4.78 is 16.0. The van der Waals surface area contributed by atoms with Crippen LogP contribution < -0.4 is 5.73 Å². The number of carbonyl (C=O) groups excluding carboxylic acids is 1. The van der Waals surface area contributed by atoms with Gasteiger partial charge in [-0.2, -0.15) is 0 Å². The molecule has 6 nitrogen and oxygen atoms in total. The molecule has 7 heteroatoms. The molecule has 0 unspecified atom stereocenters. The van der Waals surface area contributed by atoms with E-state index in [2.05, 4.69) is 16.4 Å². The number of aromatic nitrogens is 2. The smallest absolute Gasteiger partial charge is 0.219 e. The minimum absolute atomic E-state index is 0.136. The minimum Gasteiger partial charge on any atom is -0.337 e. The maximum Gasteiger partial charge on any atom is 0.219 e. The van der Waals surface area contributed by atoms with Crippen LogP contribution in [0.5, 0.6) is 0 Å². The molecule has 0 radical (unpaired) electrons. The number of hydrogen-bond donors (Lipinski definition) is 1. The van der Waals surface area contributed by atoms with Crippen molar-refractivity contribution in [3.8, 4) is 0 Å². The van der Waals surface area contributed by atoms with Gasteiger partial charge in [0.1, 0.15) is 11.6 Å². The fourth-order valence-corrected chi connectivity index (χ4v) is 6.28. The van der Waals surface area contributed by atoms with Gasteiger partial charge in [-0.1, -0.05) is 12.1 Å². The number of nitrogens with two attached hydrogens (primary N) is 1. The molecular weight excluding hydrogens is 405 g/mol. The van der Waals surface area contributed by atoms with Gasteiger partial charge in [-0.25, -0.2) is 9.37 Å². The van der Waals surface area contributed by atoms with E-state index in [9.17, 15) is 9.18 Å². The van der Waals surface area contributed by atoms with Crippen LogP contribution in [-0.2, 0) is 17.8 Å². The largest absolute Gasteiger partial charge is 0.337 e. The Hall–Kier alpha value is -2.25. The molecule has 1 aromatic carbocycles. The highest BCUT2D eigenvalue weighted by Gasteiger charge is 2.42. The number of rotatable bonds is 5. The van der Waals surface area contributed by atoms with E-state index in [0.29, 0.717) is 24.7 Å². The highest BCUT2D eigenvalue weighted by atomic mass is 19.1. The minimum atomic E-state index is -0.221. The van der Waals surface area contributed by atoms with Crippen molar-refractivity contribution in [1.82, 2.24) is 19.4 Å². The van der Waals surface area contributed by atoms with Gasteiger partial charge in [0.2, 0.25) is 5.91 Å². The Morgan fingerprint density at radius 3 is 2.69 bits per heavy atom. The highest BCUT2D eigenvalue weighted by molar-refractivity contribution is 5.73. The normalized spacial score (nSPS) is 26.2. The van der Waals surface area contributed by atoms with Crippen LogP contribution in [0, 0.1) is 12.7 Å². The summed E-state index contributed by atoms with van der Waals surface area (Å²) in [5.74, 6) is 1.01. The van der Waals surface area contributed by atoms with E-state index in [1.54, 1.807) is 19.1 Å². The van der Waals surface area contributed by atoms with E-state index >= 15 is 0 Å². The molecule has 3 aliphatic rings. The number of hydrogen-bond acceptors (Lipinski definition) is 4. The summed E-state index contributed by atoms with van der Waals surface area (Å²) in [6.45, 7) is 6.19. The molecule has 2 bridgehead atoms. The molecule has 0 spiro atoms. The zero-order chi connectivity index (χ0) is 22.4. The Balaban J connectivity index is 1.27. The summed E-state index contributed by atoms with van der Waals surface area (Å²) >= 11 is 0. The van der Waals surface area contributed by atoms with E-state index in [4.69, 9.17) is 10.7 Å². The molecule has 3 aliphatic heterocycles. The number of benzene rings is 1. The van der Waals surface area contributed by atoms with Gasteiger partial charge in [-0.3, -0.25) is 9.69 Å². The lowest BCUT2D eigenvalue weighted by Crippen LogP contribution is -2.45. The number of amides is 1. The fraction of sp³-hybridized carbons (Fsp3) is 0.600. The number of fused-ring (bicyclic) bond motifs is 3. The van der Waals surface area contributed by atoms with Crippen molar-refractivity contribution in [2.45, 2.75) is 83.1 Å². The standard InChI is InChI=1S/C25H34FN5O/c1-16-28-24-9-10-29(17(2)32)15-25(24)31(16)22-13-20-6-7-21(14-22)30(20)11-8-23(27)18-4-3-5-19(26)12-18/h3-5,12,20-23H,6-11,13-15,27H2,1-2H3/t20-,21+,22+,23-/m0/s1. The maximum absolute atomic E-state index is 13.6.